The van der Waals surface area contributed by atoms with E-state index in [0.29, 0.717) is 19.6 Å². The summed E-state index contributed by atoms with van der Waals surface area (Å²) in [7, 11) is 0. The van der Waals surface area contributed by atoms with Crippen LogP contribution in [0.15, 0.2) is 5.11 Å². The molecule has 0 aliphatic carbocycles. The number of ether oxygens (including phenoxy) is 1. The first-order chi connectivity index (χ1) is 7.31. The lowest BCUT2D eigenvalue weighted by atomic mass is 10.1. The molecule has 0 spiro atoms. The van der Waals surface area contributed by atoms with E-state index in [1.165, 1.54) is 0 Å². The van der Waals surface area contributed by atoms with Gasteiger partial charge in [-0.1, -0.05) is 24.4 Å². The second kappa shape index (κ2) is 10.9. The third-order valence-corrected chi connectivity index (χ3v) is 2.01. The van der Waals surface area contributed by atoms with Crippen molar-refractivity contribution in [2.75, 3.05) is 13.2 Å². The molecule has 5 nitrogen and oxygen atoms in total. The summed E-state index contributed by atoms with van der Waals surface area (Å²) in [4.78, 5) is 13.6. The van der Waals surface area contributed by atoms with Crippen LogP contribution in [0.3, 0.4) is 0 Å². The van der Waals surface area contributed by atoms with Crippen molar-refractivity contribution in [2.24, 2.45) is 5.11 Å². The van der Waals surface area contributed by atoms with Crippen LogP contribution in [0, 0.1) is 0 Å². The van der Waals surface area contributed by atoms with Gasteiger partial charge in [0.05, 0.1) is 6.61 Å². The Morgan fingerprint density at radius 1 is 1.27 bits per heavy atom. The van der Waals surface area contributed by atoms with E-state index in [1.54, 1.807) is 0 Å². The van der Waals surface area contributed by atoms with E-state index in [2.05, 4.69) is 10.0 Å². The second-order valence-corrected chi connectivity index (χ2v) is 3.28. The maximum Gasteiger partial charge on any atom is 0.305 e. The fourth-order valence-electron chi connectivity index (χ4n) is 1.26. The fourth-order valence-corrected chi connectivity index (χ4v) is 1.26. The Balaban J connectivity index is 3.10. The molecule has 0 heterocycles. The number of hydrogen-bond acceptors (Lipinski definition) is 3. The van der Waals surface area contributed by atoms with Gasteiger partial charge in [0.25, 0.3) is 0 Å². The molecule has 0 radical (unpaired) electrons. The summed E-state index contributed by atoms with van der Waals surface area (Å²) in [5.74, 6) is -0.105. The van der Waals surface area contributed by atoms with Crippen LogP contribution in [0.1, 0.15) is 45.4 Å². The Kier molecular flexibility index (Phi) is 9.98. The topological polar surface area (TPSA) is 75.1 Å². The van der Waals surface area contributed by atoms with Gasteiger partial charge in [0, 0.05) is 17.9 Å². The molecular weight excluding hydrogens is 194 g/mol. The van der Waals surface area contributed by atoms with Gasteiger partial charge in [-0.2, -0.15) is 0 Å². The molecule has 0 saturated heterocycles. The van der Waals surface area contributed by atoms with E-state index in [-0.39, 0.29) is 5.97 Å². The number of carbonyl (C=O) groups is 1. The van der Waals surface area contributed by atoms with Crippen LogP contribution in [0.5, 0.6) is 0 Å². The lowest BCUT2D eigenvalue weighted by Crippen LogP contribution is -2.03. The van der Waals surface area contributed by atoms with Gasteiger partial charge >= 0.3 is 5.97 Å². The summed E-state index contributed by atoms with van der Waals surface area (Å²) in [6.07, 6.45) is 5.52. The van der Waals surface area contributed by atoms with Gasteiger partial charge in [0.1, 0.15) is 0 Å². The summed E-state index contributed by atoms with van der Waals surface area (Å²) in [6.45, 7) is 2.85. The summed E-state index contributed by atoms with van der Waals surface area (Å²) in [5, 5.41) is 3.45. The first-order valence-electron chi connectivity index (χ1n) is 5.47. The number of carbonyl (C=O) groups excluding carboxylic acids is 1. The van der Waals surface area contributed by atoms with Crippen molar-refractivity contribution in [3.05, 3.63) is 10.4 Å². The highest BCUT2D eigenvalue weighted by molar-refractivity contribution is 5.69. The van der Waals surface area contributed by atoms with Crippen molar-refractivity contribution < 1.29 is 9.53 Å². The fraction of sp³-hybridized carbons (Fsp3) is 0.900. The van der Waals surface area contributed by atoms with E-state index in [1.807, 2.05) is 6.92 Å². The van der Waals surface area contributed by atoms with Crippen LogP contribution in [0.4, 0.5) is 0 Å². The standard InChI is InChI=1S/C10H19N3O2/c1-2-15-10(14)8-6-4-3-5-7-9-12-13-11/h2-9H2,1H3. The molecule has 0 rings (SSSR count). The highest BCUT2D eigenvalue weighted by Gasteiger charge is 2.00. The molecule has 0 unspecified atom stereocenters. The number of azide groups is 1. The zero-order chi connectivity index (χ0) is 11.4. The molecule has 0 fully saturated rings. The molecule has 5 heteroatoms. The predicted octanol–water partition coefficient (Wildman–Crippen LogP) is 3.20. The quantitative estimate of drug-likeness (QED) is 0.194. The van der Waals surface area contributed by atoms with E-state index < -0.39 is 0 Å². The maximum atomic E-state index is 10.9. The van der Waals surface area contributed by atoms with E-state index >= 15 is 0 Å². The first kappa shape index (κ1) is 13.8. The first-order valence-corrected chi connectivity index (χ1v) is 5.47. The number of rotatable bonds is 9. The van der Waals surface area contributed by atoms with Gasteiger partial charge in [-0.05, 0) is 25.3 Å². The maximum absolute atomic E-state index is 10.9. The van der Waals surface area contributed by atoms with Gasteiger partial charge in [-0.3, -0.25) is 4.79 Å². The van der Waals surface area contributed by atoms with Gasteiger partial charge in [-0.15, -0.1) is 0 Å². The molecule has 0 aromatic carbocycles. The van der Waals surface area contributed by atoms with E-state index in [4.69, 9.17) is 10.3 Å². The molecule has 0 aliphatic rings. The third-order valence-electron chi connectivity index (χ3n) is 2.01. The molecule has 0 N–H and O–H groups in total. The van der Waals surface area contributed by atoms with Crippen molar-refractivity contribution in [1.82, 2.24) is 0 Å². The average molecular weight is 213 g/mol. The van der Waals surface area contributed by atoms with Crippen molar-refractivity contribution in [1.29, 1.82) is 0 Å². The smallest absolute Gasteiger partial charge is 0.305 e. The lowest BCUT2D eigenvalue weighted by Gasteiger charge is -2.01. The molecule has 15 heavy (non-hydrogen) atoms. The van der Waals surface area contributed by atoms with E-state index in [9.17, 15) is 4.79 Å². The van der Waals surface area contributed by atoms with Crippen LogP contribution in [0.25, 0.3) is 10.4 Å². The zero-order valence-electron chi connectivity index (χ0n) is 9.31. The molecule has 0 atom stereocenters. The minimum Gasteiger partial charge on any atom is -0.466 e. The van der Waals surface area contributed by atoms with Gasteiger partial charge in [0.2, 0.25) is 0 Å². The Morgan fingerprint density at radius 3 is 2.60 bits per heavy atom. The van der Waals surface area contributed by atoms with Gasteiger partial charge < -0.3 is 4.74 Å². The lowest BCUT2D eigenvalue weighted by molar-refractivity contribution is -0.143. The number of nitrogens with zero attached hydrogens (tertiary/aromatic N) is 3. The van der Waals surface area contributed by atoms with Gasteiger partial charge in [-0.25, -0.2) is 0 Å². The van der Waals surface area contributed by atoms with Crippen LogP contribution < -0.4 is 0 Å². The van der Waals surface area contributed by atoms with Crippen LogP contribution >= 0.6 is 0 Å². The Morgan fingerprint density at radius 2 is 1.93 bits per heavy atom. The molecule has 0 aromatic heterocycles. The normalized spacial score (nSPS) is 9.40. The van der Waals surface area contributed by atoms with Crippen molar-refractivity contribution in [2.45, 2.75) is 45.4 Å². The Bertz CT molecular complexity index is 213. The Labute approximate surface area is 90.4 Å². The molecule has 0 aliphatic heterocycles. The van der Waals surface area contributed by atoms with Crippen LogP contribution in [-0.4, -0.2) is 19.1 Å². The molecule has 0 saturated carbocycles. The summed E-state index contributed by atoms with van der Waals surface area (Å²) in [6, 6.07) is 0. The van der Waals surface area contributed by atoms with Crippen molar-refractivity contribution in [3.8, 4) is 0 Å². The molecule has 86 valence electrons. The van der Waals surface area contributed by atoms with Crippen molar-refractivity contribution in [3.63, 3.8) is 0 Å². The SMILES string of the molecule is CCOC(=O)CCCCCCCN=[N+]=[N-]. The molecule has 0 amide bonds. The molecule has 0 aromatic rings. The second-order valence-electron chi connectivity index (χ2n) is 3.28. The number of hydrogen-bond donors (Lipinski definition) is 0. The van der Waals surface area contributed by atoms with Gasteiger partial charge in [0.15, 0.2) is 0 Å². The number of unbranched alkanes of at least 4 members (excludes halogenated alkanes) is 4. The van der Waals surface area contributed by atoms with E-state index in [0.717, 1.165) is 32.1 Å². The summed E-state index contributed by atoms with van der Waals surface area (Å²) < 4.78 is 4.81. The zero-order valence-corrected chi connectivity index (χ0v) is 9.31. The monoisotopic (exact) mass is 213 g/mol. The highest BCUT2D eigenvalue weighted by atomic mass is 16.5. The highest BCUT2D eigenvalue weighted by Crippen LogP contribution is 2.06. The third kappa shape index (κ3) is 10.7. The minimum absolute atomic E-state index is 0.105. The minimum atomic E-state index is -0.105. The summed E-state index contributed by atoms with van der Waals surface area (Å²) >= 11 is 0. The summed E-state index contributed by atoms with van der Waals surface area (Å²) in [5.41, 5.74) is 8.03. The van der Waals surface area contributed by atoms with Crippen molar-refractivity contribution >= 4 is 5.97 Å². The number of esters is 1. The predicted molar refractivity (Wildman–Crippen MR) is 58.3 cm³/mol. The Hall–Kier alpha value is -1.22. The molecule has 0 bridgehead atoms. The largest absolute Gasteiger partial charge is 0.466 e. The average Bonchev–Trinajstić information content (AvgIpc) is 2.22. The van der Waals surface area contributed by atoms with Crippen LogP contribution in [0.2, 0.25) is 0 Å². The molecular formula is C10H19N3O2. The van der Waals surface area contributed by atoms with Crippen LogP contribution in [-0.2, 0) is 9.53 Å².